The van der Waals surface area contributed by atoms with E-state index in [0.29, 0.717) is 6.54 Å². The third kappa shape index (κ3) is 3.79. The van der Waals surface area contributed by atoms with Crippen molar-refractivity contribution >= 4 is 5.91 Å². The summed E-state index contributed by atoms with van der Waals surface area (Å²) in [6.07, 6.45) is 1.72. The summed E-state index contributed by atoms with van der Waals surface area (Å²) >= 11 is 0. The smallest absolute Gasteiger partial charge is 0.250 e. The maximum absolute atomic E-state index is 12.0. The molecule has 1 amide bonds. The number of hydrogen-bond acceptors (Lipinski definition) is 3. The van der Waals surface area contributed by atoms with Crippen LogP contribution in [0.1, 0.15) is 17.2 Å². The number of likely N-dealkylation sites (N-methyl/N-ethyl adjacent to an activating group) is 1. The number of pyridine rings is 1. The fourth-order valence-corrected chi connectivity index (χ4v) is 2.07. The minimum Gasteiger partial charge on any atom is -0.358 e. The van der Waals surface area contributed by atoms with Gasteiger partial charge in [0.1, 0.15) is 6.04 Å². The summed E-state index contributed by atoms with van der Waals surface area (Å²) in [5.74, 6) is -0.106. The second-order valence-corrected chi connectivity index (χ2v) is 4.82. The van der Waals surface area contributed by atoms with Gasteiger partial charge in [-0.2, -0.15) is 0 Å². The maximum atomic E-state index is 12.0. The van der Waals surface area contributed by atoms with Gasteiger partial charge >= 0.3 is 0 Å². The van der Waals surface area contributed by atoms with Gasteiger partial charge in [-0.15, -0.1) is 0 Å². The van der Waals surface area contributed by atoms with Crippen LogP contribution >= 0.6 is 0 Å². The molecule has 21 heavy (non-hydrogen) atoms. The summed E-state index contributed by atoms with van der Waals surface area (Å²) in [6.45, 7) is 0.447. The highest BCUT2D eigenvalue weighted by molar-refractivity contribution is 5.82. The van der Waals surface area contributed by atoms with Crippen molar-refractivity contribution in [2.75, 3.05) is 7.05 Å². The number of aryl methyl sites for hydroxylation is 1. The lowest BCUT2D eigenvalue weighted by atomic mass is 10.1. The minimum atomic E-state index is -0.444. The van der Waals surface area contributed by atoms with Crippen LogP contribution in [0.5, 0.6) is 0 Å². The first-order chi connectivity index (χ1) is 10.1. The zero-order chi connectivity index (χ0) is 15.2. The van der Waals surface area contributed by atoms with Crippen molar-refractivity contribution < 1.29 is 4.79 Å². The first-order valence-corrected chi connectivity index (χ1v) is 6.77. The average Bonchev–Trinajstić information content (AvgIpc) is 2.51. The number of nitrogens with zero attached hydrogens (tertiary/aromatic N) is 1. The largest absolute Gasteiger partial charge is 0.358 e. The summed E-state index contributed by atoms with van der Waals surface area (Å²) in [5, 5.41) is 5.84. The minimum absolute atomic E-state index is 0.0643. The standard InChI is InChI=1S/C16H19N3O2/c1-17-16(21)15(13-6-4-3-5-7-13)18-11-12-8-9-19(2)14(20)10-12/h3-10,15,18H,11H2,1-2H3,(H,17,21). The monoisotopic (exact) mass is 285 g/mol. The lowest BCUT2D eigenvalue weighted by Crippen LogP contribution is -2.35. The Balaban J connectivity index is 2.14. The molecule has 0 saturated heterocycles. The molecule has 2 aromatic rings. The van der Waals surface area contributed by atoms with Crippen LogP contribution in [0.4, 0.5) is 0 Å². The molecule has 0 bridgehead atoms. The van der Waals surface area contributed by atoms with Crippen LogP contribution in [0.2, 0.25) is 0 Å². The van der Waals surface area contributed by atoms with Crippen molar-refractivity contribution in [2.24, 2.45) is 7.05 Å². The van der Waals surface area contributed by atoms with E-state index in [1.54, 1.807) is 26.4 Å². The van der Waals surface area contributed by atoms with E-state index in [1.165, 1.54) is 4.57 Å². The first kappa shape index (κ1) is 15.0. The van der Waals surface area contributed by atoms with Crippen LogP contribution in [-0.2, 0) is 18.4 Å². The van der Waals surface area contributed by atoms with Crippen molar-refractivity contribution in [2.45, 2.75) is 12.6 Å². The molecule has 1 heterocycles. The van der Waals surface area contributed by atoms with Gasteiger partial charge in [-0.05, 0) is 17.2 Å². The Hall–Kier alpha value is -2.40. The number of rotatable bonds is 5. The van der Waals surface area contributed by atoms with E-state index in [-0.39, 0.29) is 11.5 Å². The molecule has 2 N–H and O–H groups in total. The molecular formula is C16H19N3O2. The number of aromatic nitrogens is 1. The zero-order valence-corrected chi connectivity index (χ0v) is 12.2. The second-order valence-electron chi connectivity index (χ2n) is 4.82. The summed E-state index contributed by atoms with van der Waals surface area (Å²) in [4.78, 5) is 23.6. The highest BCUT2D eigenvalue weighted by atomic mass is 16.2. The Morgan fingerprint density at radius 1 is 1.24 bits per heavy atom. The lowest BCUT2D eigenvalue weighted by Gasteiger charge is -2.17. The molecule has 1 atom stereocenters. The highest BCUT2D eigenvalue weighted by Crippen LogP contribution is 2.13. The van der Waals surface area contributed by atoms with E-state index in [9.17, 15) is 9.59 Å². The van der Waals surface area contributed by atoms with E-state index in [2.05, 4.69) is 10.6 Å². The van der Waals surface area contributed by atoms with Gasteiger partial charge in [0.25, 0.3) is 5.56 Å². The van der Waals surface area contributed by atoms with Crippen LogP contribution in [0.25, 0.3) is 0 Å². The quantitative estimate of drug-likeness (QED) is 0.860. The maximum Gasteiger partial charge on any atom is 0.250 e. The Morgan fingerprint density at radius 3 is 2.57 bits per heavy atom. The normalized spacial score (nSPS) is 11.9. The van der Waals surface area contributed by atoms with Gasteiger partial charge in [0.2, 0.25) is 5.91 Å². The summed E-state index contributed by atoms with van der Waals surface area (Å²) in [7, 11) is 3.31. The number of hydrogen-bond donors (Lipinski definition) is 2. The SMILES string of the molecule is CNC(=O)C(NCc1ccn(C)c(=O)c1)c1ccccc1. The second kappa shape index (κ2) is 6.85. The fourth-order valence-electron chi connectivity index (χ4n) is 2.07. The van der Waals surface area contributed by atoms with Gasteiger partial charge in [-0.25, -0.2) is 0 Å². The summed E-state index contributed by atoms with van der Waals surface area (Å²) in [6, 6.07) is 12.5. The molecule has 1 aromatic carbocycles. The third-order valence-electron chi connectivity index (χ3n) is 3.32. The molecule has 0 radical (unpaired) electrons. The van der Waals surface area contributed by atoms with Crippen molar-refractivity contribution in [1.29, 1.82) is 0 Å². The van der Waals surface area contributed by atoms with Crippen molar-refractivity contribution in [3.8, 4) is 0 Å². The molecule has 5 nitrogen and oxygen atoms in total. The van der Waals surface area contributed by atoms with Gasteiger partial charge in [0.15, 0.2) is 0 Å². The molecule has 2 rings (SSSR count). The summed E-state index contributed by atoms with van der Waals surface area (Å²) < 4.78 is 1.51. The molecule has 0 fully saturated rings. The molecular weight excluding hydrogens is 266 g/mol. The number of nitrogens with one attached hydrogen (secondary N) is 2. The number of benzene rings is 1. The van der Waals surface area contributed by atoms with Crippen LogP contribution in [0.15, 0.2) is 53.5 Å². The number of carbonyl (C=O) groups excluding carboxylic acids is 1. The van der Waals surface area contributed by atoms with Crippen molar-refractivity contribution in [3.05, 3.63) is 70.1 Å². The molecule has 0 spiro atoms. The van der Waals surface area contributed by atoms with E-state index in [4.69, 9.17) is 0 Å². The fraction of sp³-hybridized carbons (Fsp3) is 0.250. The van der Waals surface area contributed by atoms with Crippen LogP contribution in [0, 0.1) is 0 Å². The Labute approximate surface area is 123 Å². The van der Waals surface area contributed by atoms with E-state index < -0.39 is 6.04 Å². The molecule has 0 aliphatic rings. The van der Waals surface area contributed by atoms with Crippen LogP contribution < -0.4 is 16.2 Å². The molecule has 1 unspecified atom stereocenters. The molecule has 1 aromatic heterocycles. The topological polar surface area (TPSA) is 63.1 Å². The predicted molar refractivity (Wildman–Crippen MR) is 81.8 cm³/mol. The highest BCUT2D eigenvalue weighted by Gasteiger charge is 2.18. The van der Waals surface area contributed by atoms with Gasteiger partial charge in [0, 0.05) is 32.9 Å². The van der Waals surface area contributed by atoms with Gasteiger partial charge in [0.05, 0.1) is 0 Å². The van der Waals surface area contributed by atoms with Crippen LogP contribution in [0.3, 0.4) is 0 Å². The Kier molecular flexibility index (Phi) is 4.90. The Morgan fingerprint density at radius 2 is 1.95 bits per heavy atom. The average molecular weight is 285 g/mol. The molecule has 0 saturated carbocycles. The number of amides is 1. The zero-order valence-electron chi connectivity index (χ0n) is 12.2. The van der Waals surface area contributed by atoms with Crippen molar-refractivity contribution in [1.82, 2.24) is 15.2 Å². The van der Waals surface area contributed by atoms with Gasteiger partial charge in [-0.1, -0.05) is 30.3 Å². The third-order valence-corrected chi connectivity index (χ3v) is 3.32. The Bertz CT molecular complexity index is 665. The molecule has 110 valence electrons. The predicted octanol–water partition coefficient (Wildman–Crippen LogP) is 0.962. The lowest BCUT2D eigenvalue weighted by molar-refractivity contribution is -0.122. The summed E-state index contributed by atoms with van der Waals surface area (Å²) in [5.41, 5.74) is 1.68. The number of carbonyl (C=O) groups is 1. The first-order valence-electron chi connectivity index (χ1n) is 6.77. The molecule has 0 aliphatic carbocycles. The molecule has 5 heteroatoms. The van der Waals surface area contributed by atoms with E-state index in [0.717, 1.165) is 11.1 Å². The van der Waals surface area contributed by atoms with Gasteiger partial charge < -0.3 is 9.88 Å². The van der Waals surface area contributed by atoms with Crippen LogP contribution in [-0.4, -0.2) is 17.5 Å². The van der Waals surface area contributed by atoms with Gasteiger partial charge in [-0.3, -0.25) is 14.9 Å². The van der Waals surface area contributed by atoms with E-state index in [1.807, 2.05) is 36.4 Å². The van der Waals surface area contributed by atoms with E-state index >= 15 is 0 Å². The van der Waals surface area contributed by atoms with Crippen molar-refractivity contribution in [3.63, 3.8) is 0 Å². The molecule has 0 aliphatic heterocycles.